The lowest BCUT2D eigenvalue weighted by molar-refractivity contribution is 0.0376. The van der Waals surface area contributed by atoms with Gasteiger partial charge in [-0.1, -0.05) is 13.8 Å². The monoisotopic (exact) mass is 551 g/mol. The summed E-state index contributed by atoms with van der Waals surface area (Å²) in [5.41, 5.74) is 0. The van der Waals surface area contributed by atoms with Crippen LogP contribution in [-0.4, -0.2) is 83.3 Å². The summed E-state index contributed by atoms with van der Waals surface area (Å²) in [5, 5.41) is 24.7. The number of aliphatic hydroxyl groups excluding tert-OH is 1. The fourth-order valence-electron chi connectivity index (χ4n) is 3.64. The molecule has 0 amide bonds. The summed E-state index contributed by atoms with van der Waals surface area (Å²) in [4.78, 5) is 7.18. The Bertz CT molecular complexity index is 633. The van der Waals surface area contributed by atoms with Gasteiger partial charge in [0.15, 0.2) is 11.8 Å². The zero-order valence-electron chi connectivity index (χ0n) is 19.6. The number of morpholine rings is 1. The average Bonchev–Trinajstić information content (AvgIpc) is 3.05. The molecule has 0 aliphatic carbocycles. The minimum Gasteiger partial charge on any atom is -0.396 e. The SMILES string of the molecule is Cc1nnc(CN=C(NCCCN2CCOCC2)NCC(CCO)CC(C)C)n1C.I. The number of aliphatic imine (C=N–C) groups is 1. The molecule has 0 bridgehead atoms. The standard InChI is InChI=1S/C21H41N7O2.HI/c1-17(2)14-19(6-11-29)15-23-21(24-16-20-26-25-18(3)27(20)4)22-7-5-8-28-9-12-30-13-10-28;/h17,19,29H,5-16H2,1-4H3,(H2,22,23,24);1H. The van der Waals surface area contributed by atoms with Gasteiger partial charge in [-0.2, -0.15) is 0 Å². The van der Waals surface area contributed by atoms with Crippen molar-refractivity contribution in [2.75, 3.05) is 52.5 Å². The van der Waals surface area contributed by atoms with Crippen LogP contribution in [0.5, 0.6) is 0 Å². The molecule has 0 radical (unpaired) electrons. The van der Waals surface area contributed by atoms with E-state index in [9.17, 15) is 5.11 Å². The minimum absolute atomic E-state index is 0. The summed E-state index contributed by atoms with van der Waals surface area (Å²) in [5.74, 6) is 3.55. The molecule has 0 aromatic carbocycles. The van der Waals surface area contributed by atoms with E-state index in [0.717, 1.165) is 82.8 Å². The molecule has 1 atom stereocenters. The van der Waals surface area contributed by atoms with Crippen LogP contribution in [0, 0.1) is 18.8 Å². The Morgan fingerprint density at radius 1 is 1.23 bits per heavy atom. The van der Waals surface area contributed by atoms with E-state index in [-0.39, 0.29) is 30.6 Å². The van der Waals surface area contributed by atoms with Crippen molar-refractivity contribution >= 4 is 29.9 Å². The first-order valence-electron chi connectivity index (χ1n) is 11.3. The summed E-state index contributed by atoms with van der Waals surface area (Å²) < 4.78 is 7.38. The van der Waals surface area contributed by atoms with Crippen LogP contribution >= 0.6 is 24.0 Å². The molecule has 1 unspecified atom stereocenters. The summed E-state index contributed by atoms with van der Waals surface area (Å²) in [6.07, 6.45) is 2.94. The Morgan fingerprint density at radius 3 is 2.58 bits per heavy atom. The number of aliphatic hydroxyl groups is 1. The van der Waals surface area contributed by atoms with E-state index in [1.54, 1.807) is 0 Å². The molecule has 0 spiro atoms. The number of hydrogen-bond donors (Lipinski definition) is 3. The number of aryl methyl sites for hydroxylation is 1. The van der Waals surface area contributed by atoms with E-state index in [2.05, 4.69) is 39.6 Å². The van der Waals surface area contributed by atoms with Crippen molar-refractivity contribution in [3.05, 3.63) is 11.6 Å². The Kier molecular flexibility index (Phi) is 14.3. The van der Waals surface area contributed by atoms with Gasteiger partial charge in [-0.3, -0.25) is 4.90 Å². The largest absolute Gasteiger partial charge is 0.396 e. The summed E-state index contributed by atoms with van der Waals surface area (Å²) in [6.45, 7) is 13.5. The van der Waals surface area contributed by atoms with Gasteiger partial charge in [-0.05, 0) is 44.6 Å². The molecule has 1 aromatic rings. The Labute approximate surface area is 204 Å². The van der Waals surface area contributed by atoms with Gasteiger partial charge in [0.25, 0.3) is 0 Å². The molecule has 2 heterocycles. The van der Waals surface area contributed by atoms with E-state index >= 15 is 0 Å². The molecule has 31 heavy (non-hydrogen) atoms. The lowest BCUT2D eigenvalue weighted by atomic mass is 9.94. The molecule has 1 aliphatic rings. The van der Waals surface area contributed by atoms with Crippen molar-refractivity contribution < 1.29 is 9.84 Å². The van der Waals surface area contributed by atoms with Gasteiger partial charge in [0.05, 0.1) is 13.2 Å². The van der Waals surface area contributed by atoms with E-state index in [1.165, 1.54) is 0 Å². The van der Waals surface area contributed by atoms with E-state index in [0.29, 0.717) is 18.4 Å². The highest BCUT2D eigenvalue weighted by Gasteiger charge is 2.13. The molecule has 180 valence electrons. The van der Waals surface area contributed by atoms with Crippen LogP contribution in [0.25, 0.3) is 0 Å². The zero-order chi connectivity index (χ0) is 21.8. The second-order valence-electron chi connectivity index (χ2n) is 8.51. The fraction of sp³-hybridized carbons (Fsp3) is 0.857. The van der Waals surface area contributed by atoms with Gasteiger partial charge in [0.1, 0.15) is 12.4 Å². The third-order valence-corrected chi connectivity index (χ3v) is 5.51. The number of halogens is 1. The Balaban J connectivity index is 0.00000480. The van der Waals surface area contributed by atoms with Gasteiger partial charge in [-0.25, -0.2) is 4.99 Å². The number of hydrogen-bond acceptors (Lipinski definition) is 6. The second-order valence-corrected chi connectivity index (χ2v) is 8.51. The number of rotatable bonds is 12. The predicted octanol–water partition coefficient (Wildman–Crippen LogP) is 1.54. The lowest BCUT2D eigenvalue weighted by Crippen LogP contribution is -2.42. The van der Waals surface area contributed by atoms with Crippen molar-refractivity contribution in [1.29, 1.82) is 0 Å². The third-order valence-electron chi connectivity index (χ3n) is 5.51. The van der Waals surface area contributed by atoms with Gasteiger partial charge in [0, 0.05) is 39.8 Å². The fourth-order valence-corrected chi connectivity index (χ4v) is 3.64. The number of ether oxygens (including phenoxy) is 1. The van der Waals surface area contributed by atoms with Crippen LogP contribution in [0.3, 0.4) is 0 Å². The minimum atomic E-state index is 0. The van der Waals surface area contributed by atoms with Crippen LogP contribution in [0.2, 0.25) is 0 Å². The van der Waals surface area contributed by atoms with Crippen molar-refractivity contribution in [2.24, 2.45) is 23.9 Å². The molecule has 1 saturated heterocycles. The maximum Gasteiger partial charge on any atom is 0.191 e. The van der Waals surface area contributed by atoms with Gasteiger partial charge in [-0.15, -0.1) is 34.2 Å². The van der Waals surface area contributed by atoms with Crippen LogP contribution in [0.1, 0.15) is 44.8 Å². The highest BCUT2D eigenvalue weighted by molar-refractivity contribution is 14.0. The van der Waals surface area contributed by atoms with Crippen LogP contribution < -0.4 is 10.6 Å². The smallest absolute Gasteiger partial charge is 0.191 e. The highest BCUT2D eigenvalue weighted by Crippen LogP contribution is 2.14. The molecule has 2 rings (SSSR count). The molecular formula is C21H42IN7O2. The number of nitrogens with one attached hydrogen (secondary N) is 2. The van der Waals surface area contributed by atoms with Gasteiger partial charge < -0.3 is 25.0 Å². The van der Waals surface area contributed by atoms with Crippen LogP contribution in [-0.2, 0) is 18.3 Å². The average molecular weight is 552 g/mol. The molecule has 10 heteroatoms. The maximum absolute atomic E-state index is 9.39. The lowest BCUT2D eigenvalue weighted by Gasteiger charge is -2.26. The molecule has 1 fully saturated rings. The van der Waals surface area contributed by atoms with Crippen molar-refractivity contribution in [1.82, 2.24) is 30.3 Å². The number of nitrogens with zero attached hydrogens (tertiary/aromatic N) is 5. The summed E-state index contributed by atoms with van der Waals surface area (Å²) in [6, 6.07) is 0. The van der Waals surface area contributed by atoms with Gasteiger partial charge in [0.2, 0.25) is 0 Å². The number of aromatic nitrogens is 3. The Hall–Kier alpha value is -0.980. The van der Waals surface area contributed by atoms with Crippen molar-refractivity contribution in [2.45, 2.75) is 46.6 Å². The first-order chi connectivity index (χ1) is 14.5. The quantitative estimate of drug-likeness (QED) is 0.157. The van der Waals surface area contributed by atoms with Crippen molar-refractivity contribution in [3.63, 3.8) is 0 Å². The molecular weight excluding hydrogens is 509 g/mol. The van der Waals surface area contributed by atoms with Crippen molar-refractivity contribution in [3.8, 4) is 0 Å². The predicted molar refractivity (Wildman–Crippen MR) is 135 cm³/mol. The first kappa shape index (κ1) is 28.1. The highest BCUT2D eigenvalue weighted by atomic mass is 127. The Morgan fingerprint density at radius 2 is 1.97 bits per heavy atom. The van der Waals surface area contributed by atoms with E-state index in [4.69, 9.17) is 9.73 Å². The molecule has 3 N–H and O–H groups in total. The van der Waals surface area contributed by atoms with E-state index in [1.807, 2.05) is 18.5 Å². The zero-order valence-corrected chi connectivity index (χ0v) is 22.0. The van der Waals surface area contributed by atoms with Crippen LogP contribution in [0.15, 0.2) is 4.99 Å². The molecule has 9 nitrogen and oxygen atoms in total. The van der Waals surface area contributed by atoms with Crippen LogP contribution in [0.4, 0.5) is 0 Å². The normalized spacial score (nSPS) is 16.3. The van der Waals surface area contributed by atoms with E-state index < -0.39 is 0 Å². The van der Waals surface area contributed by atoms with Gasteiger partial charge >= 0.3 is 0 Å². The topological polar surface area (TPSA) is 99.8 Å². The number of guanidine groups is 1. The molecule has 1 aliphatic heterocycles. The maximum atomic E-state index is 9.39. The molecule has 0 saturated carbocycles. The third kappa shape index (κ3) is 10.9. The molecule has 1 aromatic heterocycles. The summed E-state index contributed by atoms with van der Waals surface area (Å²) in [7, 11) is 1.96. The second kappa shape index (κ2) is 15.8. The summed E-state index contributed by atoms with van der Waals surface area (Å²) >= 11 is 0. The first-order valence-corrected chi connectivity index (χ1v) is 11.3.